The normalized spacial score (nSPS) is 26.3. The second-order valence-corrected chi connectivity index (χ2v) is 15.0. The van der Waals surface area contributed by atoms with Crippen molar-refractivity contribution in [2.24, 2.45) is 17.3 Å². The van der Waals surface area contributed by atoms with Gasteiger partial charge in [0.25, 0.3) is 0 Å². The third-order valence-electron chi connectivity index (χ3n) is 10.2. The molecule has 4 saturated heterocycles. The summed E-state index contributed by atoms with van der Waals surface area (Å²) in [6, 6.07) is 18.1. The molecule has 0 N–H and O–H groups in total. The second kappa shape index (κ2) is 12.2. The zero-order valence-corrected chi connectivity index (χ0v) is 25.2. The highest BCUT2D eigenvalue weighted by molar-refractivity contribution is 7.90. The third kappa shape index (κ3) is 6.56. The summed E-state index contributed by atoms with van der Waals surface area (Å²) in [4.78, 5) is 21.3. The van der Waals surface area contributed by atoms with Gasteiger partial charge < -0.3 is 19.4 Å². The summed E-state index contributed by atoms with van der Waals surface area (Å²) in [7, 11) is -3.22. The van der Waals surface area contributed by atoms with Crippen LogP contribution in [0, 0.1) is 17.3 Å². The van der Waals surface area contributed by atoms with Gasteiger partial charge in [0.15, 0.2) is 9.84 Å². The molecule has 0 bridgehead atoms. The van der Waals surface area contributed by atoms with Gasteiger partial charge in [-0.15, -0.1) is 0 Å². The van der Waals surface area contributed by atoms with Crippen LogP contribution >= 0.6 is 0 Å². The maximum Gasteiger partial charge on any atom is 0.229 e. The molecule has 0 saturated carbocycles. The van der Waals surface area contributed by atoms with Crippen LogP contribution in [0.5, 0.6) is 0 Å². The van der Waals surface area contributed by atoms with Gasteiger partial charge in [0.05, 0.1) is 10.3 Å². The van der Waals surface area contributed by atoms with Crippen LogP contribution < -0.4 is 0 Å². The lowest BCUT2D eigenvalue weighted by Gasteiger charge is -2.39. The average molecular weight is 580 g/mol. The van der Waals surface area contributed by atoms with Gasteiger partial charge in [0.1, 0.15) is 0 Å². The quantitative estimate of drug-likeness (QED) is 0.470. The topological polar surface area (TPSA) is 70.2 Å². The van der Waals surface area contributed by atoms with Crippen molar-refractivity contribution in [1.82, 2.24) is 14.7 Å². The number of piperidine rings is 1. The van der Waals surface area contributed by atoms with E-state index >= 15 is 0 Å². The Balaban J connectivity index is 1.05. The first-order chi connectivity index (χ1) is 19.8. The molecule has 2 atom stereocenters. The highest BCUT2D eigenvalue weighted by Crippen LogP contribution is 2.43. The van der Waals surface area contributed by atoms with Crippen LogP contribution in [0.15, 0.2) is 59.5 Å². The zero-order chi connectivity index (χ0) is 28.5. The summed E-state index contributed by atoms with van der Waals surface area (Å²) in [6.45, 7) is 9.71. The van der Waals surface area contributed by atoms with E-state index in [2.05, 4.69) is 40.1 Å². The van der Waals surface area contributed by atoms with Gasteiger partial charge in [-0.05, 0) is 80.3 Å². The molecule has 41 heavy (non-hydrogen) atoms. The number of hydrogen-bond donors (Lipinski definition) is 0. The number of benzene rings is 2. The van der Waals surface area contributed by atoms with Gasteiger partial charge in [0.2, 0.25) is 5.91 Å². The van der Waals surface area contributed by atoms with Gasteiger partial charge >= 0.3 is 0 Å². The van der Waals surface area contributed by atoms with Gasteiger partial charge in [0, 0.05) is 64.7 Å². The van der Waals surface area contributed by atoms with E-state index in [1.54, 1.807) is 12.1 Å². The van der Waals surface area contributed by atoms with Crippen LogP contribution in [0.25, 0.3) is 0 Å². The standard InChI is InChI=1S/C33H45N3O4S/c1-41(38,39)30-9-7-26(8-10-30)22-36-18-15-33(32(36)37)13-16-34(17-14-33)23-29-24-35(21-27-11-19-40-20-12-27)25-31(29)28-5-3-2-4-6-28/h2-10,27,29,31H,11-25H2,1H3/t29-,31?/m0/s1. The highest BCUT2D eigenvalue weighted by atomic mass is 32.2. The number of sulfone groups is 1. The van der Waals surface area contributed by atoms with Gasteiger partial charge in [-0.3, -0.25) is 4.79 Å². The molecule has 222 valence electrons. The first kappa shape index (κ1) is 28.8. The number of ether oxygens (including phenoxy) is 1. The molecule has 8 heteroatoms. The molecule has 1 amide bonds. The minimum atomic E-state index is -3.22. The van der Waals surface area contributed by atoms with E-state index in [0.717, 1.165) is 83.2 Å². The Kier molecular flexibility index (Phi) is 8.55. The minimum Gasteiger partial charge on any atom is -0.381 e. The van der Waals surface area contributed by atoms with Crippen molar-refractivity contribution >= 4 is 15.7 Å². The minimum absolute atomic E-state index is 0.229. The molecule has 0 aliphatic carbocycles. The molecule has 6 rings (SSSR count). The largest absolute Gasteiger partial charge is 0.381 e. The molecule has 1 unspecified atom stereocenters. The molecule has 4 aliphatic heterocycles. The fourth-order valence-electron chi connectivity index (χ4n) is 7.73. The lowest BCUT2D eigenvalue weighted by molar-refractivity contribution is -0.139. The number of amides is 1. The van der Waals surface area contributed by atoms with Gasteiger partial charge in [-0.1, -0.05) is 42.5 Å². The van der Waals surface area contributed by atoms with E-state index < -0.39 is 9.84 Å². The van der Waals surface area contributed by atoms with Crippen molar-refractivity contribution in [3.8, 4) is 0 Å². The van der Waals surface area contributed by atoms with Crippen molar-refractivity contribution in [2.45, 2.75) is 49.5 Å². The van der Waals surface area contributed by atoms with Crippen molar-refractivity contribution in [2.75, 3.05) is 65.3 Å². The number of nitrogens with zero attached hydrogens (tertiary/aromatic N) is 3. The number of rotatable bonds is 8. The van der Waals surface area contributed by atoms with Crippen LogP contribution in [-0.2, 0) is 25.9 Å². The van der Waals surface area contributed by atoms with Crippen LogP contribution in [-0.4, -0.2) is 94.3 Å². The van der Waals surface area contributed by atoms with Crippen LogP contribution in [0.4, 0.5) is 0 Å². The molecule has 2 aromatic rings. The molecule has 1 spiro atoms. The molecule has 2 aromatic carbocycles. The Labute approximate surface area is 245 Å². The highest BCUT2D eigenvalue weighted by Gasteiger charge is 2.48. The van der Waals surface area contributed by atoms with Gasteiger partial charge in [-0.25, -0.2) is 8.42 Å². The van der Waals surface area contributed by atoms with E-state index in [1.165, 1.54) is 31.2 Å². The van der Waals surface area contributed by atoms with Crippen LogP contribution in [0.2, 0.25) is 0 Å². The summed E-state index contributed by atoms with van der Waals surface area (Å²) in [6.07, 6.45) is 6.38. The Hall–Kier alpha value is -2.26. The Morgan fingerprint density at radius 1 is 0.854 bits per heavy atom. The smallest absolute Gasteiger partial charge is 0.229 e. The zero-order valence-electron chi connectivity index (χ0n) is 24.4. The predicted molar refractivity (Wildman–Crippen MR) is 160 cm³/mol. The van der Waals surface area contributed by atoms with E-state index in [-0.39, 0.29) is 11.3 Å². The van der Waals surface area contributed by atoms with Crippen LogP contribution in [0.3, 0.4) is 0 Å². The summed E-state index contributed by atoms with van der Waals surface area (Å²) >= 11 is 0. The summed E-state index contributed by atoms with van der Waals surface area (Å²) < 4.78 is 29.2. The summed E-state index contributed by atoms with van der Waals surface area (Å²) in [5, 5.41) is 0. The number of carbonyl (C=O) groups is 1. The number of carbonyl (C=O) groups excluding carboxylic acids is 1. The molecule has 0 radical (unpaired) electrons. The lowest BCUT2D eigenvalue weighted by Crippen LogP contribution is -2.46. The Morgan fingerprint density at radius 2 is 1.54 bits per heavy atom. The summed E-state index contributed by atoms with van der Waals surface area (Å²) in [5.41, 5.74) is 2.22. The monoisotopic (exact) mass is 579 g/mol. The SMILES string of the molecule is CS(=O)(=O)c1ccc(CN2CCC3(CCN(C[C@H]4CN(CC5CCOCC5)CC4c4ccccc4)CC3)C2=O)cc1. The molecule has 4 fully saturated rings. The predicted octanol–water partition coefficient (Wildman–Crippen LogP) is 4.05. The second-order valence-electron chi connectivity index (χ2n) is 13.0. The van der Waals surface area contributed by atoms with Crippen LogP contribution in [0.1, 0.15) is 49.1 Å². The molecule has 0 aromatic heterocycles. The number of hydrogen-bond acceptors (Lipinski definition) is 6. The maximum absolute atomic E-state index is 13.6. The molecule has 7 nitrogen and oxygen atoms in total. The molecule has 4 heterocycles. The first-order valence-corrected chi connectivity index (χ1v) is 17.3. The fourth-order valence-corrected chi connectivity index (χ4v) is 8.36. The van der Waals surface area contributed by atoms with E-state index in [9.17, 15) is 13.2 Å². The molecular weight excluding hydrogens is 534 g/mol. The molecule has 4 aliphatic rings. The van der Waals surface area contributed by atoms with Crippen molar-refractivity contribution in [3.05, 3.63) is 65.7 Å². The van der Waals surface area contributed by atoms with E-state index in [1.807, 2.05) is 17.0 Å². The Bertz CT molecular complexity index is 1290. The van der Waals surface area contributed by atoms with Crippen molar-refractivity contribution < 1.29 is 17.9 Å². The average Bonchev–Trinajstić information content (AvgIpc) is 3.51. The van der Waals surface area contributed by atoms with E-state index in [0.29, 0.717) is 23.3 Å². The molecular formula is C33H45N3O4S. The van der Waals surface area contributed by atoms with Crippen molar-refractivity contribution in [3.63, 3.8) is 0 Å². The van der Waals surface area contributed by atoms with E-state index in [4.69, 9.17) is 4.74 Å². The Morgan fingerprint density at radius 3 is 2.22 bits per heavy atom. The van der Waals surface area contributed by atoms with Crippen molar-refractivity contribution in [1.29, 1.82) is 0 Å². The fraction of sp³-hybridized carbons (Fsp3) is 0.606. The number of likely N-dealkylation sites (tertiary alicyclic amines) is 3. The lowest BCUT2D eigenvalue weighted by atomic mass is 9.76. The first-order valence-electron chi connectivity index (χ1n) is 15.4. The summed E-state index contributed by atoms with van der Waals surface area (Å²) in [5.74, 6) is 2.21. The van der Waals surface area contributed by atoms with Gasteiger partial charge in [-0.2, -0.15) is 0 Å². The maximum atomic E-state index is 13.6. The third-order valence-corrected chi connectivity index (χ3v) is 11.4.